The maximum absolute atomic E-state index is 15.6. The van der Waals surface area contributed by atoms with Crippen molar-refractivity contribution in [3.8, 4) is 0 Å². The Morgan fingerprint density at radius 2 is 1.62 bits per heavy atom. The predicted molar refractivity (Wildman–Crippen MR) is 159 cm³/mol. The van der Waals surface area contributed by atoms with Crippen LogP contribution in [0.3, 0.4) is 0 Å². The number of anilines is 1. The monoisotopic (exact) mass is 574 g/mol. The third-order valence-electron chi connectivity index (χ3n) is 7.63. The summed E-state index contributed by atoms with van der Waals surface area (Å²) in [4.78, 5) is 36.1. The van der Waals surface area contributed by atoms with Gasteiger partial charge in [-0.15, -0.1) is 0 Å². The Morgan fingerprint density at radius 3 is 2.26 bits per heavy atom. The van der Waals surface area contributed by atoms with Gasteiger partial charge in [0.05, 0.1) is 0 Å². The fourth-order valence-electron chi connectivity index (χ4n) is 5.44. The number of halogens is 1. The van der Waals surface area contributed by atoms with Crippen LogP contribution < -0.4 is 4.90 Å². The maximum Gasteiger partial charge on any atom is 0.410 e. The number of carbonyl (C=O) groups is 2. The topological polar surface area (TPSA) is 75.2 Å². The van der Waals surface area contributed by atoms with Gasteiger partial charge in [-0.25, -0.2) is 19.0 Å². The number of amides is 2. The van der Waals surface area contributed by atoms with E-state index in [1.807, 2.05) is 86.3 Å². The summed E-state index contributed by atoms with van der Waals surface area (Å²) in [6.45, 7) is 8.16. The van der Waals surface area contributed by atoms with Crippen LogP contribution in [0.4, 0.5) is 19.8 Å². The van der Waals surface area contributed by atoms with Crippen LogP contribution in [0.2, 0.25) is 0 Å². The zero-order chi connectivity index (χ0) is 29.7. The van der Waals surface area contributed by atoms with Crippen LogP contribution in [-0.2, 0) is 35.5 Å². The van der Waals surface area contributed by atoms with E-state index in [1.54, 1.807) is 9.80 Å². The van der Waals surface area contributed by atoms with Crippen LogP contribution in [-0.4, -0.2) is 64.8 Å². The fourth-order valence-corrected chi connectivity index (χ4v) is 5.44. The van der Waals surface area contributed by atoms with Crippen LogP contribution in [0.5, 0.6) is 0 Å². The van der Waals surface area contributed by atoms with Crippen molar-refractivity contribution in [2.45, 2.75) is 64.8 Å². The molecular weight excluding hydrogens is 535 g/mol. The van der Waals surface area contributed by atoms with Gasteiger partial charge in [-0.1, -0.05) is 60.7 Å². The SMILES string of the molecule is CC(C)(C)OC(=O)N1CCN(c2cc(F)c3c(n2)CC[C@H](N(Cc2ccccc2)C(=O)OCc2ccccc2)C3)CC1. The van der Waals surface area contributed by atoms with Crippen molar-refractivity contribution in [1.29, 1.82) is 0 Å². The van der Waals surface area contributed by atoms with Crippen molar-refractivity contribution in [1.82, 2.24) is 14.8 Å². The fraction of sp³-hybridized carbons (Fsp3) is 0.424. The second-order valence-electron chi connectivity index (χ2n) is 11.9. The van der Waals surface area contributed by atoms with E-state index in [4.69, 9.17) is 14.5 Å². The van der Waals surface area contributed by atoms with Crippen LogP contribution in [0.1, 0.15) is 49.6 Å². The highest BCUT2D eigenvalue weighted by atomic mass is 19.1. The highest BCUT2D eigenvalue weighted by Crippen LogP contribution is 2.30. The largest absolute Gasteiger partial charge is 0.445 e. The van der Waals surface area contributed by atoms with Gasteiger partial charge in [0.1, 0.15) is 23.8 Å². The smallest absolute Gasteiger partial charge is 0.410 e. The van der Waals surface area contributed by atoms with E-state index in [2.05, 4.69) is 0 Å². The van der Waals surface area contributed by atoms with Crippen molar-refractivity contribution in [3.05, 3.63) is 94.9 Å². The minimum absolute atomic E-state index is 0.175. The third kappa shape index (κ3) is 7.38. The molecule has 2 heterocycles. The van der Waals surface area contributed by atoms with E-state index in [0.29, 0.717) is 63.4 Å². The number of benzene rings is 2. The lowest BCUT2D eigenvalue weighted by molar-refractivity contribution is 0.0240. The first-order chi connectivity index (χ1) is 20.2. The Balaban J connectivity index is 1.27. The maximum atomic E-state index is 15.6. The zero-order valence-corrected chi connectivity index (χ0v) is 24.6. The molecule has 8 nitrogen and oxygen atoms in total. The lowest BCUT2D eigenvalue weighted by Crippen LogP contribution is -2.50. The molecule has 1 aliphatic carbocycles. The molecule has 0 N–H and O–H groups in total. The molecule has 0 unspecified atom stereocenters. The van der Waals surface area contributed by atoms with Gasteiger partial charge in [0, 0.05) is 56.1 Å². The summed E-state index contributed by atoms with van der Waals surface area (Å²) in [6.07, 6.45) is 0.834. The molecular formula is C33H39FN4O4. The molecule has 2 aliphatic rings. The molecule has 1 fully saturated rings. The predicted octanol–water partition coefficient (Wildman–Crippen LogP) is 5.97. The van der Waals surface area contributed by atoms with Crippen LogP contribution >= 0.6 is 0 Å². The van der Waals surface area contributed by atoms with Gasteiger partial charge in [0.2, 0.25) is 0 Å². The summed E-state index contributed by atoms with van der Waals surface area (Å²) >= 11 is 0. The number of fused-ring (bicyclic) bond motifs is 1. The second-order valence-corrected chi connectivity index (χ2v) is 11.9. The van der Waals surface area contributed by atoms with Crippen molar-refractivity contribution < 1.29 is 23.5 Å². The third-order valence-corrected chi connectivity index (χ3v) is 7.63. The van der Waals surface area contributed by atoms with Crippen LogP contribution in [0.25, 0.3) is 0 Å². The molecule has 1 saturated heterocycles. The van der Waals surface area contributed by atoms with E-state index in [9.17, 15) is 9.59 Å². The molecule has 5 rings (SSSR count). The van der Waals surface area contributed by atoms with Gasteiger partial charge in [-0.3, -0.25) is 0 Å². The molecule has 2 aromatic carbocycles. The van der Waals surface area contributed by atoms with E-state index in [1.165, 1.54) is 6.07 Å². The molecule has 222 valence electrons. The quantitative estimate of drug-likeness (QED) is 0.361. The summed E-state index contributed by atoms with van der Waals surface area (Å²) in [7, 11) is 0. The number of nitrogens with zero attached hydrogens (tertiary/aromatic N) is 4. The molecule has 42 heavy (non-hydrogen) atoms. The van der Waals surface area contributed by atoms with Crippen molar-refractivity contribution in [2.24, 2.45) is 0 Å². The van der Waals surface area contributed by atoms with Gasteiger partial charge < -0.3 is 24.2 Å². The summed E-state index contributed by atoms with van der Waals surface area (Å²) in [5.41, 5.74) is 2.63. The summed E-state index contributed by atoms with van der Waals surface area (Å²) in [5, 5.41) is 0. The molecule has 1 aromatic heterocycles. The highest BCUT2D eigenvalue weighted by Gasteiger charge is 2.33. The standard InChI is InChI=1S/C33H39FN4O4/c1-33(2,3)42-31(39)37-18-16-36(17-19-37)30-21-28(34)27-20-26(14-15-29(27)35-30)38(22-24-10-6-4-7-11-24)32(40)41-23-25-12-8-5-9-13-25/h4-13,21,26H,14-20,22-23H2,1-3H3/t26-/m0/s1. The molecule has 0 saturated carbocycles. The number of piperazine rings is 1. The molecule has 1 atom stereocenters. The van der Waals surface area contributed by atoms with Crippen LogP contribution in [0.15, 0.2) is 66.7 Å². The average molecular weight is 575 g/mol. The Kier molecular flexibility index (Phi) is 8.94. The number of rotatable bonds is 6. The number of hydrogen-bond acceptors (Lipinski definition) is 6. The minimum Gasteiger partial charge on any atom is -0.445 e. The molecule has 0 radical (unpaired) electrons. The van der Waals surface area contributed by atoms with Gasteiger partial charge in [-0.2, -0.15) is 0 Å². The van der Waals surface area contributed by atoms with Gasteiger partial charge in [0.15, 0.2) is 0 Å². The van der Waals surface area contributed by atoms with E-state index >= 15 is 4.39 Å². The Hall–Kier alpha value is -4.14. The van der Waals surface area contributed by atoms with E-state index in [0.717, 1.165) is 16.8 Å². The molecule has 0 spiro atoms. The molecule has 2 amide bonds. The number of aryl methyl sites for hydroxylation is 1. The van der Waals surface area contributed by atoms with Crippen LogP contribution in [0, 0.1) is 5.82 Å². The number of aromatic nitrogens is 1. The van der Waals surface area contributed by atoms with Gasteiger partial charge >= 0.3 is 12.2 Å². The number of hydrogen-bond donors (Lipinski definition) is 0. The lowest BCUT2D eigenvalue weighted by Gasteiger charge is -2.37. The highest BCUT2D eigenvalue weighted by molar-refractivity contribution is 5.69. The minimum atomic E-state index is -0.551. The number of ether oxygens (including phenoxy) is 2. The number of pyridine rings is 1. The Labute approximate surface area is 247 Å². The first kappa shape index (κ1) is 29.4. The van der Waals surface area contributed by atoms with Crippen molar-refractivity contribution in [2.75, 3.05) is 31.1 Å². The van der Waals surface area contributed by atoms with Gasteiger partial charge in [-0.05, 0) is 51.2 Å². The zero-order valence-electron chi connectivity index (χ0n) is 24.6. The summed E-state index contributed by atoms with van der Waals surface area (Å²) in [5.74, 6) is 0.267. The first-order valence-corrected chi connectivity index (χ1v) is 14.6. The van der Waals surface area contributed by atoms with E-state index < -0.39 is 11.7 Å². The first-order valence-electron chi connectivity index (χ1n) is 14.6. The van der Waals surface area contributed by atoms with Gasteiger partial charge in [0.25, 0.3) is 0 Å². The normalized spacial score (nSPS) is 16.9. The Bertz CT molecular complexity index is 1370. The molecule has 1 aliphatic heterocycles. The number of carbonyl (C=O) groups excluding carboxylic acids is 2. The van der Waals surface area contributed by atoms with Crippen molar-refractivity contribution in [3.63, 3.8) is 0 Å². The molecule has 3 aromatic rings. The molecule has 0 bridgehead atoms. The summed E-state index contributed by atoms with van der Waals surface area (Å²) in [6, 6.07) is 20.6. The second kappa shape index (κ2) is 12.8. The Morgan fingerprint density at radius 1 is 0.976 bits per heavy atom. The average Bonchev–Trinajstić information content (AvgIpc) is 2.99. The van der Waals surface area contributed by atoms with Crippen molar-refractivity contribution >= 4 is 18.0 Å². The van der Waals surface area contributed by atoms with E-state index in [-0.39, 0.29) is 24.6 Å². The summed E-state index contributed by atoms with van der Waals surface area (Å²) < 4.78 is 26.8. The lowest BCUT2D eigenvalue weighted by atomic mass is 9.90. The molecule has 9 heteroatoms.